The van der Waals surface area contributed by atoms with Crippen molar-refractivity contribution in [2.24, 2.45) is 0 Å². The molecule has 1 heterocycles. The molecule has 0 spiro atoms. The van der Waals surface area contributed by atoms with E-state index in [0.29, 0.717) is 6.04 Å². The molecule has 2 fully saturated rings. The van der Waals surface area contributed by atoms with E-state index in [-0.39, 0.29) is 5.60 Å². The fourth-order valence-electron chi connectivity index (χ4n) is 2.76. The van der Waals surface area contributed by atoms with Crippen LogP contribution in [0.5, 0.6) is 0 Å². The van der Waals surface area contributed by atoms with Crippen LogP contribution in [0.25, 0.3) is 0 Å². The maximum absolute atomic E-state index is 9.97. The number of benzene rings is 1. The van der Waals surface area contributed by atoms with Crippen molar-refractivity contribution >= 4 is 0 Å². The largest absolute Gasteiger partial charge is 0.390 e. The first-order valence-electron chi connectivity index (χ1n) is 6.80. The molecule has 1 saturated heterocycles. The molecule has 2 nitrogen and oxygen atoms in total. The molecule has 1 atom stereocenters. The summed E-state index contributed by atoms with van der Waals surface area (Å²) < 4.78 is 0. The van der Waals surface area contributed by atoms with E-state index in [1.807, 2.05) is 0 Å². The van der Waals surface area contributed by atoms with E-state index in [4.69, 9.17) is 0 Å². The van der Waals surface area contributed by atoms with Crippen molar-refractivity contribution in [1.29, 1.82) is 0 Å². The van der Waals surface area contributed by atoms with Crippen LogP contribution in [-0.4, -0.2) is 17.3 Å². The molecule has 0 aromatic heterocycles. The van der Waals surface area contributed by atoms with Crippen LogP contribution in [0.2, 0.25) is 0 Å². The average Bonchev–Trinajstić information content (AvgIpc) is 3.08. The first-order chi connectivity index (χ1) is 8.25. The summed E-state index contributed by atoms with van der Waals surface area (Å²) in [7, 11) is 0. The van der Waals surface area contributed by atoms with Crippen molar-refractivity contribution in [3.8, 4) is 0 Å². The second-order valence-electron chi connectivity index (χ2n) is 5.65. The first-order valence-corrected chi connectivity index (χ1v) is 6.80. The summed E-state index contributed by atoms with van der Waals surface area (Å²) in [4.78, 5) is 0. The van der Waals surface area contributed by atoms with Gasteiger partial charge in [-0.25, -0.2) is 0 Å². The fraction of sp³-hybridized carbons (Fsp3) is 0.600. The van der Waals surface area contributed by atoms with E-state index in [1.54, 1.807) is 0 Å². The van der Waals surface area contributed by atoms with Gasteiger partial charge in [-0.3, -0.25) is 0 Å². The zero-order valence-electron chi connectivity index (χ0n) is 10.3. The zero-order chi connectivity index (χ0) is 11.7. The normalized spacial score (nSPS) is 26.8. The maximum Gasteiger partial charge on any atom is 0.0690 e. The number of nitrogens with one attached hydrogen (secondary N) is 1. The molecule has 1 unspecified atom stereocenters. The minimum absolute atomic E-state index is 0.376. The molecule has 2 N–H and O–H groups in total. The van der Waals surface area contributed by atoms with Gasteiger partial charge < -0.3 is 10.4 Å². The van der Waals surface area contributed by atoms with E-state index in [9.17, 15) is 5.11 Å². The summed E-state index contributed by atoms with van der Waals surface area (Å²) in [5.74, 6) is 0. The van der Waals surface area contributed by atoms with E-state index in [0.717, 1.165) is 25.8 Å². The number of hydrogen-bond acceptors (Lipinski definition) is 2. The summed E-state index contributed by atoms with van der Waals surface area (Å²) >= 11 is 0. The molecule has 1 saturated carbocycles. The van der Waals surface area contributed by atoms with Crippen molar-refractivity contribution < 1.29 is 5.11 Å². The van der Waals surface area contributed by atoms with Gasteiger partial charge in [0.25, 0.3) is 0 Å². The smallest absolute Gasteiger partial charge is 0.0690 e. The maximum atomic E-state index is 9.97. The molecule has 2 heteroatoms. The molecule has 3 rings (SSSR count). The molecular weight excluding hydrogens is 210 g/mol. The van der Waals surface area contributed by atoms with Gasteiger partial charge in [0, 0.05) is 12.5 Å². The molecule has 0 amide bonds. The van der Waals surface area contributed by atoms with Crippen LogP contribution in [0.1, 0.15) is 49.3 Å². The molecule has 1 aromatic carbocycles. The fourth-order valence-corrected chi connectivity index (χ4v) is 2.76. The molecule has 92 valence electrons. The Morgan fingerprint density at radius 1 is 1.29 bits per heavy atom. The Balaban J connectivity index is 1.73. The van der Waals surface area contributed by atoms with Gasteiger partial charge >= 0.3 is 0 Å². The van der Waals surface area contributed by atoms with Crippen LogP contribution in [-0.2, 0) is 6.42 Å². The van der Waals surface area contributed by atoms with Crippen molar-refractivity contribution in [3.63, 3.8) is 0 Å². The SMILES string of the molecule is OC1(Cc2cccc(C3CCCCN3)c2)CC1. The van der Waals surface area contributed by atoms with Crippen molar-refractivity contribution in [3.05, 3.63) is 35.4 Å². The third kappa shape index (κ3) is 2.70. The van der Waals surface area contributed by atoms with Crippen molar-refractivity contribution in [2.45, 2.75) is 50.2 Å². The van der Waals surface area contributed by atoms with Crippen LogP contribution >= 0.6 is 0 Å². The minimum atomic E-state index is -0.376. The highest BCUT2D eigenvalue weighted by Gasteiger charge is 2.40. The Morgan fingerprint density at radius 2 is 2.18 bits per heavy atom. The standard InChI is InChI=1S/C15H21NO/c17-15(7-8-15)11-12-4-3-5-13(10-12)14-6-1-2-9-16-14/h3-5,10,14,16-17H,1-2,6-9,11H2. The van der Waals surface area contributed by atoms with Gasteiger partial charge in [0.05, 0.1) is 5.60 Å². The van der Waals surface area contributed by atoms with Gasteiger partial charge in [0.2, 0.25) is 0 Å². The van der Waals surface area contributed by atoms with Crippen LogP contribution in [0.3, 0.4) is 0 Å². The third-order valence-electron chi connectivity index (χ3n) is 4.02. The quantitative estimate of drug-likeness (QED) is 0.838. The Hall–Kier alpha value is -0.860. The van der Waals surface area contributed by atoms with Crippen LogP contribution in [0.4, 0.5) is 0 Å². The van der Waals surface area contributed by atoms with Crippen LogP contribution in [0.15, 0.2) is 24.3 Å². The summed E-state index contributed by atoms with van der Waals surface area (Å²) in [6, 6.07) is 9.29. The second-order valence-corrected chi connectivity index (χ2v) is 5.65. The molecule has 1 aliphatic heterocycles. The van der Waals surface area contributed by atoms with Gasteiger partial charge in [-0.15, -0.1) is 0 Å². The number of hydrogen-bond donors (Lipinski definition) is 2. The summed E-state index contributed by atoms with van der Waals surface area (Å²) in [6.07, 6.45) is 6.64. The van der Waals surface area contributed by atoms with Gasteiger partial charge in [0.1, 0.15) is 0 Å². The highest BCUT2D eigenvalue weighted by atomic mass is 16.3. The van der Waals surface area contributed by atoms with Crippen LogP contribution < -0.4 is 5.32 Å². The average molecular weight is 231 g/mol. The lowest BCUT2D eigenvalue weighted by Crippen LogP contribution is -2.26. The first kappa shape index (κ1) is 11.2. The topological polar surface area (TPSA) is 32.3 Å². The van der Waals surface area contributed by atoms with Crippen LogP contribution in [0, 0.1) is 0 Å². The molecule has 2 aliphatic rings. The Bertz CT molecular complexity index is 392. The second kappa shape index (κ2) is 4.43. The van der Waals surface area contributed by atoms with Gasteiger partial charge in [-0.1, -0.05) is 30.7 Å². The molecule has 0 radical (unpaired) electrons. The molecular formula is C15H21NO. The molecule has 17 heavy (non-hydrogen) atoms. The predicted molar refractivity (Wildman–Crippen MR) is 68.9 cm³/mol. The summed E-state index contributed by atoms with van der Waals surface area (Å²) in [6.45, 7) is 1.14. The lowest BCUT2D eigenvalue weighted by Gasteiger charge is -2.24. The van der Waals surface area contributed by atoms with Gasteiger partial charge in [0.15, 0.2) is 0 Å². The minimum Gasteiger partial charge on any atom is -0.390 e. The van der Waals surface area contributed by atoms with Gasteiger partial charge in [-0.2, -0.15) is 0 Å². The summed E-state index contributed by atoms with van der Waals surface area (Å²) in [5.41, 5.74) is 2.31. The zero-order valence-corrected chi connectivity index (χ0v) is 10.3. The van der Waals surface area contributed by atoms with E-state index >= 15 is 0 Å². The summed E-state index contributed by atoms with van der Waals surface area (Å²) in [5, 5.41) is 13.5. The molecule has 0 bridgehead atoms. The number of rotatable bonds is 3. The van der Waals surface area contributed by atoms with E-state index in [1.165, 1.54) is 30.4 Å². The Morgan fingerprint density at radius 3 is 2.88 bits per heavy atom. The molecule has 1 aliphatic carbocycles. The third-order valence-corrected chi connectivity index (χ3v) is 4.02. The van der Waals surface area contributed by atoms with Crippen molar-refractivity contribution in [1.82, 2.24) is 5.32 Å². The van der Waals surface area contributed by atoms with Gasteiger partial charge in [-0.05, 0) is 43.4 Å². The van der Waals surface area contributed by atoms with E-state index < -0.39 is 0 Å². The Kier molecular flexibility index (Phi) is 2.93. The predicted octanol–water partition coefficient (Wildman–Crippen LogP) is 2.57. The Labute approximate surface area is 103 Å². The highest BCUT2D eigenvalue weighted by Crippen LogP contribution is 2.38. The van der Waals surface area contributed by atoms with Crippen molar-refractivity contribution in [2.75, 3.05) is 6.54 Å². The van der Waals surface area contributed by atoms with E-state index in [2.05, 4.69) is 29.6 Å². The highest BCUT2D eigenvalue weighted by molar-refractivity contribution is 5.28. The lowest BCUT2D eigenvalue weighted by atomic mass is 9.95. The number of piperidine rings is 1. The number of aliphatic hydroxyl groups is 1. The molecule has 1 aromatic rings. The monoisotopic (exact) mass is 231 g/mol. The lowest BCUT2D eigenvalue weighted by molar-refractivity contribution is 0.151.